The Labute approximate surface area is 114 Å². The minimum Gasteiger partial charge on any atom is -0.397 e. The number of hydrogen-bond acceptors (Lipinski definition) is 2. The highest BCUT2D eigenvalue weighted by molar-refractivity contribution is 6.31. The summed E-state index contributed by atoms with van der Waals surface area (Å²) in [5, 5.41) is 0.397. The van der Waals surface area contributed by atoms with Crippen molar-refractivity contribution in [1.82, 2.24) is 9.97 Å². The zero-order valence-electron chi connectivity index (χ0n) is 9.95. The molecule has 0 unspecified atom stereocenters. The first-order valence-electron chi connectivity index (χ1n) is 5.81. The summed E-state index contributed by atoms with van der Waals surface area (Å²) < 4.78 is 13.7. The van der Waals surface area contributed by atoms with Gasteiger partial charge in [-0.25, -0.2) is 9.37 Å². The van der Waals surface area contributed by atoms with Gasteiger partial charge in [-0.2, -0.15) is 0 Å². The zero-order valence-corrected chi connectivity index (χ0v) is 10.7. The van der Waals surface area contributed by atoms with Crippen LogP contribution in [0.5, 0.6) is 0 Å². The summed E-state index contributed by atoms with van der Waals surface area (Å²) in [4.78, 5) is 7.51. The lowest BCUT2D eigenvalue weighted by Crippen LogP contribution is -1.95. The van der Waals surface area contributed by atoms with Crippen LogP contribution in [0.15, 0.2) is 36.4 Å². The number of rotatable bonds is 2. The SMILES string of the molecule is Nc1cccc2[nH]c(Cc3c(F)cccc3Cl)nc12. The van der Waals surface area contributed by atoms with Crippen LogP contribution in [0.4, 0.5) is 10.1 Å². The number of nitrogens with two attached hydrogens (primary N) is 1. The Morgan fingerprint density at radius 1 is 1.21 bits per heavy atom. The summed E-state index contributed by atoms with van der Waals surface area (Å²) >= 11 is 6.00. The van der Waals surface area contributed by atoms with E-state index in [0.717, 1.165) is 5.52 Å². The zero-order chi connectivity index (χ0) is 13.4. The fourth-order valence-corrected chi connectivity index (χ4v) is 2.29. The van der Waals surface area contributed by atoms with Gasteiger partial charge in [0.1, 0.15) is 17.2 Å². The first-order chi connectivity index (χ1) is 9.15. The highest BCUT2D eigenvalue weighted by Crippen LogP contribution is 2.24. The van der Waals surface area contributed by atoms with E-state index in [1.807, 2.05) is 12.1 Å². The van der Waals surface area contributed by atoms with Gasteiger partial charge in [-0.3, -0.25) is 0 Å². The van der Waals surface area contributed by atoms with Gasteiger partial charge in [-0.05, 0) is 24.3 Å². The van der Waals surface area contributed by atoms with Crippen molar-refractivity contribution in [2.24, 2.45) is 0 Å². The standard InChI is InChI=1S/C14H11ClFN3/c15-9-3-1-4-10(16)8(9)7-13-18-12-6-2-5-11(17)14(12)19-13/h1-6H,7,17H2,(H,18,19). The van der Waals surface area contributed by atoms with E-state index in [1.54, 1.807) is 18.2 Å². The van der Waals surface area contributed by atoms with Crippen LogP contribution in [0.2, 0.25) is 5.02 Å². The average Bonchev–Trinajstić information content (AvgIpc) is 2.78. The van der Waals surface area contributed by atoms with Crippen molar-refractivity contribution in [3.05, 3.63) is 58.6 Å². The van der Waals surface area contributed by atoms with E-state index in [0.29, 0.717) is 34.0 Å². The Morgan fingerprint density at radius 3 is 2.74 bits per heavy atom. The van der Waals surface area contributed by atoms with Crippen molar-refractivity contribution in [3.63, 3.8) is 0 Å². The molecule has 0 amide bonds. The molecule has 19 heavy (non-hydrogen) atoms. The summed E-state index contributed by atoms with van der Waals surface area (Å²) in [6.45, 7) is 0. The number of nitrogens with zero attached hydrogens (tertiary/aromatic N) is 1. The molecule has 2 aromatic carbocycles. The maximum atomic E-state index is 13.7. The molecule has 0 fully saturated rings. The second-order valence-electron chi connectivity index (χ2n) is 4.30. The topological polar surface area (TPSA) is 54.7 Å². The third-order valence-corrected chi connectivity index (χ3v) is 3.35. The number of benzene rings is 2. The molecule has 1 aromatic heterocycles. The second-order valence-corrected chi connectivity index (χ2v) is 4.71. The molecule has 96 valence electrons. The average molecular weight is 276 g/mol. The predicted molar refractivity (Wildman–Crippen MR) is 74.7 cm³/mol. The van der Waals surface area contributed by atoms with E-state index in [2.05, 4.69) is 9.97 Å². The van der Waals surface area contributed by atoms with E-state index in [4.69, 9.17) is 17.3 Å². The number of H-pyrrole nitrogens is 1. The van der Waals surface area contributed by atoms with Gasteiger partial charge in [0.15, 0.2) is 0 Å². The molecule has 3 nitrogen and oxygen atoms in total. The van der Waals surface area contributed by atoms with Gasteiger partial charge in [0.2, 0.25) is 0 Å². The quantitative estimate of drug-likeness (QED) is 0.703. The molecule has 0 bridgehead atoms. The molecule has 0 aliphatic heterocycles. The summed E-state index contributed by atoms with van der Waals surface area (Å²) in [5.74, 6) is 0.306. The van der Waals surface area contributed by atoms with Gasteiger partial charge < -0.3 is 10.7 Å². The molecular weight excluding hydrogens is 265 g/mol. The van der Waals surface area contributed by atoms with Gasteiger partial charge in [-0.1, -0.05) is 23.7 Å². The smallest absolute Gasteiger partial charge is 0.128 e. The Bertz CT molecular complexity index is 731. The molecule has 0 aliphatic carbocycles. The largest absolute Gasteiger partial charge is 0.397 e. The number of para-hydroxylation sites is 1. The number of fused-ring (bicyclic) bond motifs is 1. The van der Waals surface area contributed by atoms with Gasteiger partial charge in [0.25, 0.3) is 0 Å². The Balaban J connectivity index is 2.04. The van der Waals surface area contributed by atoms with E-state index < -0.39 is 0 Å². The highest BCUT2D eigenvalue weighted by Gasteiger charge is 2.11. The van der Waals surface area contributed by atoms with Crippen molar-refractivity contribution < 1.29 is 4.39 Å². The Hall–Kier alpha value is -2.07. The predicted octanol–water partition coefficient (Wildman–Crippen LogP) is 3.53. The maximum absolute atomic E-state index is 13.7. The van der Waals surface area contributed by atoms with Crippen LogP contribution < -0.4 is 5.73 Å². The molecule has 5 heteroatoms. The molecule has 0 aliphatic rings. The summed E-state index contributed by atoms with van der Waals surface area (Å²) in [7, 11) is 0. The van der Waals surface area contributed by atoms with Gasteiger partial charge in [-0.15, -0.1) is 0 Å². The van der Waals surface area contributed by atoms with Crippen molar-refractivity contribution in [1.29, 1.82) is 0 Å². The van der Waals surface area contributed by atoms with E-state index >= 15 is 0 Å². The number of hydrogen-bond donors (Lipinski definition) is 2. The Kier molecular flexibility index (Phi) is 2.87. The third-order valence-electron chi connectivity index (χ3n) is 3.00. The number of nitrogen functional groups attached to an aromatic ring is 1. The lowest BCUT2D eigenvalue weighted by molar-refractivity contribution is 0.612. The molecule has 0 spiro atoms. The molecule has 3 N–H and O–H groups in total. The van der Waals surface area contributed by atoms with Crippen molar-refractivity contribution in [2.45, 2.75) is 6.42 Å². The van der Waals surface area contributed by atoms with Gasteiger partial charge >= 0.3 is 0 Å². The van der Waals surface area contributed by atoms with Crippen LogP contribution in [0.25, 0.3) is 11.0 Å². The number of imidazole rings is 1. The number of aromatic amines is 1. The van der Waals surface area contributed by atoms with Crippen molar-refractivity contribution in [3.8, 4) is 0 Å². The minimum atomic E-state index is -0.332. The van der Waals surface area contributed by atoms with Crippen LogP contribution >= 0.6 is 11.6 Å². The van der Waals surface area contributed by atoms with E-state index in [-0.39, 0.29) is 5.82 Å². The molecule has 3 aromatic rings. The summed E-state index contributed by atoms with van der Waals surface area (Å²) in [6.07, 6.45) is 0.305. The monoisotopic (exact) mass is 275 g/mol. The fourth-order valence-electron chi connectivity index (χ4n) is 2.06. The van der Waals surface area contributed by atoms with Gasteiger partial charge in [0.05, 0.1) is 11.2 Å². The first-order valence-corrected chi connectivity index (χ1v) is 6.19. The van der Waals surface area contributed by atoms with E-state index in [9.17, 15) is 4.39 Å². The molecule has 0 saturated heterocycles. The number of anilines is 1. The van der Waals surface area contributed by atoms with E-state index in [1.165, 1.54) is 6.07 Å². The van der Waals surface area contributed by atoms with Crippen LogP contribution in [0, 0.1) is 5.82 Å². The highest BCUT2D eigenvalue weighted by atomic mass is 35.5. The number of nitrogens with one attached hydrogen (secondary N) is 1. The summed E-state index contributed by atoms with van der Waals surface area (Å²) in [6, 6.07) is 10.1. The van der Waals surface area contributed by atoms with Crippen LogP contribution in [-0.2, 0) is 6.42 Å². The maximum Gasteiger partial charge on any atom is 0.128 e. The first kappa shape index (κ1) is 12.0. The fraction of sp³-hybridized carbons (Fsp3) is 0.0714. The van der Waals surface area contributed by atoms with Crippen molar-refractivity contribution in [2.75, 3.05) is 5.73 Å². The molecule has 0 radical (unpaired) electrons. The molecule has 3 rings (SSSR count). The summed E-state index contributed by atoms with van der Waals surface area (Å²) in [5.41, 5.74) is 8.40. The molecule has 0 atom stereocenters. The van der Waals surface area contributed by atoms with Crippen molar-refractivity contribution >= 4 is 28.3 Å². The Morgan fingerprint density at radius 2 is 2.00 bits per heavy atom. The number of aromatic nitrogens is 2. The number of halogens is 2. The second kappa shape index (κ2) is 4.55. The third kappa shape index (κ3) is 2.15. The normalized spacial score (nSPS) is 11.1. The molecule has 0 saturated carbocycles. The lowest BCUT2D eigenvalue weighted by Gasteiger charge is -2.03. The van der Waals surface area contributed by atoms with Crippen LogP contribution in [-0.4, -0.2) is 9.97 Å². The molecular formula is C14H11ClFN3. The minimum absolute atomic E-state index is 0.305. The van der Waals surface area contributed by atoms with Crippen LogP contribution in [0.1, 0.15) is 11.4 Å². The lowest BCUT2D eigenvalue weighted by atomic mass is 10.1. The molecule has 1 heterocycles. The van der Waals surface area contributed by atoms with Gasteiger partial charge in [0, 0.05) is 17.0 Å². The van der Waals surface area contributed by atoms with Crippen LogP contribution in [0.3, 0.4) is 0 Å².